The van der Waals surface area contributed by atoms with E-state index < -0.39 is 16.1 Å². The first kappa shape index (κ1) is 30.8. The number of benzene rings is 2. The van der Waals surface area contributed by atoms with E-state index in [4.69, 9.17) is 16.3 Å². The maximum atomic E-state index is 13.5. The number of amides is 2. The molecule has 3 rings (SSSR count). The smallest absolute Gasteiger partial charge is 0.242 e. The van der Waals surface area contributed by atoms with Gasteiger partial charge in [0.25, 0.3) is 0 Å². The van der Waals surface area contributed by atoms with Crippen molar-refractivity contribution in [1.29, 1.82) is 0 Å². The van der Waals surface area contributed by atoms with Crippen LogP contribution in [0, 0.1) is 0 Å². The van der Waals surface area contributed by atoms with Crippen LogP contribution in [0.3, 0.4) is 0 Å². The number of hydrogen-bond donors (Lipinski definition) is 1. The molecule has 0 saturated heterocycles. The lowest BCUT2D eigenvalue weighted by molar-refractivity contribution is -0.141. The Labute approximate surface area is 237 Å². The van der Waals surface area contributed by atoms with Crippen LogP contribution in [-0.2, 0) is 26.2 Å². The van der Waals surface area contributed by atoms with Gasteiger partial charge in [-0.1, -0.05) is 43.0 Å². The Morgan fingerprint density at radius 2 is 1.79 bits per heavy atom. The van der Waals surface area contributed by atoms with E-state index in [9.17, 15) is 18.0 Å². The van der Waals surface area contributed by atoms with Gasteiger partial charge in [0.1, 0.15) is 11.8 Å². The minimum Gasteiger partial charge on any atom is -0.494 e. The highest BCUT2D eigenvalue weighted by Gasteiger charge is 2.28. The third-order valence-electron chi connectivity index (χ3n) is 6.95. The van der Waals surface area contributed by atoms with Crippen LogP contribution in [0.15, 0.2) is 48.5 Å². The normalized spacial score (nSPS) is 14.9. The first-order valence-corrected chi connectivity index (χ1v) is 15.9. The highest BCUT2D eigenvalue weighted by Crippen LogP contribution is 2.23. The first-order valence-electron chi connectivity index (χ1n) is 13.6. The largest absolute Gasteiger partial charge is 0.494 e. The van der Waals surface area contributed by atoms with Crippen molar-refractivity contribution in [1.82, 2.24) is 10.2 Å². The Balaban J connectivity index is 1.70. The number of carbonyl (C=O) groups excluding carboxylic acids is 2. The van der Waals surface area contributed by atoms with Gasteiger partial charge in [-0.15, -0.1) is 0 Å². The van der Waals surface area contributed by atoms with Crippen molar-refractivity contribution in [2.75, 3.05) is 23.7 Å². The molecule has 2 aromatic carbocycles. The molecule has 1 atom stereocenters. The Morgan fingerprint density at radius 1 is 1.10 bits per heavy atom. The molecule has 1 fully saturated rings. The van der Waals surface area contributed by atoms with E-state index in [2.05, 4.69) is 5.32 Å². The third-order valence-corrected chi connectivity index (χ3v) is 8.38. The zero-order chi connectivity index (χ0) is 28.4. The maximum absolute atomic E-state index is 13.5. The number of carbonyl (C=O) groups is 2. The molecule has 1 aliphatic carbocycles. The van der Waals surface area contributed by atoms with E-state index in [0.717, 1.165) is 37.5 Å². The number of halogens is 1. The topological polar surface area (TPSA) is 96.0 Å². The van der Waals surface area contributed by atoms with Crippen LogP contribution in [0.5, 0.6) is 5.75 Å². The summed E-state index contributed by atoms with van der Waals surface area (Å²) < 4.78 is 31.8. The third kappa shape index (κ3) is 9.42. The molecule has 0 aromatic heterocycles. The number of ether oxygens (including phenoxy) is 1. The Bertz CT molecular complexity index is 1200. The zero-order valence-corrected chi connectivity index (χ0v) is 24.6. The van der Waals surface area contributed by atoms with Crippen LogP contribution in [0.25, 0.3) is 0 Å². The predicted molar refractivity (Wildman–Crippen MR) is 156 cm³/mol. The zero-order valence-electron chi connectivity index (χ0n) is 23.1. The predicted octanol–water partition coefficient (Wildman–Crippen LogP) is 5.15. The molecule has 1 saturated carbocycles. The van der Waals surface area contributed by atoms with Crippen LogP contribution in [-0.4, -0.2) is 56.6 Å². The fourth-order valence-corrected chi connectivity index (χ4v) is 6.04. The molecule has 0 aliphatic heterocycles. The van der Waals surface area contributed by atoms with Crippen molar-refractivity contribution < 1.29 is 22.7 Å². The minimum absolute atomic E-state index is 0.0880. The Kier molecular flexibility index (Phi) is 11.5. The molecule has 1 aliphatic rings. The first-order chi connectivity index (χ1) is 18.6. The van der Waals surface area contributed by atoms with E-state index in [0.29, 0.717) is 29.5 Å². The van der Waals surface area contributed by atoms with E-state index in [1.54, 1.807) is 48.2 Å². The lowest BCUT2D eigenvalue weighted by atomic mass is 9.95. The molecule has 0 bridgehead atoms. The monoisotopic (exact) mass is 577 g/mol. The molecular weight excluding hydrogens is 538 g/mol. The summed E-state index contributed by atoms with van der Waals surface area (Å²) in [5.41, 5.74) is 1.32. The molecule has 10 heteroatoms. The van der Waals surface area contributed by atoms with Gasteiger partial charge in [0.2, 0.25) is 21.8 Å². The number of nitrogens with zero attached hydrogens (tertiary/aromatic N) is 2. The number of anilines is 1. The van der Waals surface area contributed by atoms with Crippen molar-refractivity contribution in [3.05, 3.63) is 59.1 Å². The summed E-state index contributed by atoms with van der Waals surface area (Å²) in [6, 6.07) is 13.5. The number of rotatable bonds is 13. The fourth-order valence-electron chi connectivity index (χ4n) is 4.86. The van der Waals surface area contributed by atoms with Crippen LogP contribution in [0.2, 0.25) is 5.02 Å². The summed E-state index contributed by atoms with van der Waals surface area (Å²) in [5.74, 6) is 0.257. The second-order valence-corrected chi connectivity index (χ2v) is 12.4. The van der Waals surface area contributed by atoms with Gasteiger partial charge in [-0.25, -0.2) is 8.42 Å². The molecular formula is C29H40ClN3O5S. The molecule has 214 valence electrons. The maximum Gasteiger partial charge on any atom is 0.242 e. The SMILES string of the molecule is CCOc1ccc(N(CCCC(=O)N(Cc2cccc(Cl)c2)C(C)C(=O)NC2CCCCC2)S(C)(=O)=O)cc1. The highest BCUT2D eigenvalue weighted by molar-refractivity contribution is 7.92. The van der Waals surface area contributed by atoms with Crippen molar-refractivity contribution in [3.8, 4) is 5.75 Å². The van der Waals surface area contributed by atoms with E-state index in [1.807, 2.05) is 19.1 Å². The van der Waals surface area contributed by atoms with E-state index in [1.165, 1.54) is 10.7 Å². The summed E-state index contributed by atoms with van der Waals surface area (Å²) >= 11 is 6.17. The fraction of sp³-hybridized carbons (Fsp3) is 0.517. The van der Waals surface area contributed by atoms with Crippen LogP contribution in [0.4, 0.5) is 5.69 Å². The molecule has 1 N–H and O–H groups in total. The number of nitrogens with one attached hydrogen (secondary N) is 1. The molecule has 39 heavy (non-hydrogen) atoms. The van der Waals surface area contributed by atoms with Gasteiger partial charge in [0.05, 0.1) is 18.6 Å². The molecule has 2 amide bonds. The average molecular weight is 578 g/mol. The lowest BCUT2D eigenvalue weighted by Crippen LogP contribution is -2.50. The molecule has 0 heterocycles. The lowest BCUT2D eigenvalue weighted by Gasteiger charge is -2.31. The standard InChI is InChI=1S/C29H40ClN3O5S/c1-4-38-27-17-15-26(16-18-27)33(39(3,36)37)19-9-14-28(34)32(21-23-10-8-11-24(30)20-23)22(2)29(35)31-25-12-6-5-7-13-25/h8,10-11,15-18,20,22,25H,4-7,9,12-14,19,21H2,1-3H3,(H,31,35). The van der Waals surface area contributed by atoms with E-state index >= 15 is 0 Å². The van der Waals surface area contributed by atoms with Gasteiger partial charge in [-0.05, 0) is 75.1 Å². The Morgan fingerprint density at radius 3 is 2.41 bits per heavy atom. The molecule has 0 spiro atoms. The van der Waals surface area contributed by atoms with Gasteiger partial charge in [0, 0.05) is 30.6 Å². The summed E-state index contributed by atoms with van der Waals surface area (Å²) in [7, 11) is -3.57. The Hall–Kier alpha value is -2.78. The molecule has 8 nitrogen and oxygen atoms in total. The number of hydrogen-bond acceptors (Lipinski definition) is 5. The van der Waals surface area contributed by atoms with Crippen molar-refractivity contribution in [3.63, 3.8) is 0 Å². The summed E-state index contributed by atoms with van der Waals surface area (Å²) in [4.78, 5) is 28.2. The quantitative estimate of drug-likeness (QED) is 0.355. The second-order valence-electron chi connectivity index (χ2n) is 10.0. The van der Waals surface area contributed by atoms with Crippen molar-refractivity contribution in [2.24, 2.45) is 0 Å². The van der Waals surface area contributed by atoms with E-state index in [-0.39, 0.29) is 37.4 Å². The summed E-state index contributed by atoms with van der Waals surface area (Å²) in [5, 5.41) is 3.68. The highest BCUT2D eigenvalue weighted by atomic mass is 35.5. The van der Waals surface area contributed by atoms with Crippen LogP contribution >= 0.6 is 11.6 Å². The van der Waals surface area contributed by atoms with Crippen molar-refractivity contribution in [2.45, 2.75) is 77.4 Å². The van der Waals surface area contributed by atoms with Gasteiger partial charge in [-0.2, -0.15) is 0 Å². The van der Waals surface area contributed by atoms with Gasteiger partial charge in [-0.3, -0.25) is 13.9 Å². The molecule has 0 radical (unpaired) electrons. The number of sulfonamides is 1. The molecule has 2 aromatic rings. The average Bonchev–Trinajstić information content (AvgIpc) is 2.90. The van der Waals surface area contributed by atoms with Gasteiger partial charge in [0.15, 0.2) is 0 Å². The second kappa shape index (κ2) is 14.6. The van der Waals surface area contributed by atoms with Gasteiger partial charge < -0.3 is 15.0 Å². The summed E-state index contributed by atoms with van der Waals surface area (Å²) in [6.07, 6.45) is 6.80. The van der Waals surface area contributed by atoms with Gasteiger partial charge >= 0.3 is 0 Å². The summed E-state index contributed by atoms with van der Waals surface area (Å²) in [6.45, 7) is 4.49. The molecule has 1 unspecified atom stereocenters. The minimum atomic E-state index is -3.57. The van der Waals surface area contributed by atoms with Crippen molar-refractivity contribution >= 4 is 39.1 Å². The van der Waals surface area contributed by atoms with Crippen LogP contribution in [0.1, 0.15) is 64.4 Å². The van der Waals surface area contributed by atoms with Crippen LogP contribution < -0.4 is 14.4 Å².